The van der Waals surface area contributed by atoms with Gasteiger partial charge in [0.1, 0.15) is 16.8 Å². The fourth-order valence-electron chi connectivity index (χ4n) is 2.93. The molecule has 2 aromatic heterocycles. The lowest BCUT2D eigenvalue weighted by atomic mass is 10.1. The van der Waals surface area contributed by atoms with Crippen LogP contribution in [0.3, 0.4) is 0 Å². The second-order valence-corrected chi connectivity index (χ2v) is 6.89. The average Bonchev–Trinajstić information content (AvgIpc) is 3.17. The van der Waals surface area contributed by atoms with Gasteiger partial charge < -0.3 is 10.1 Å². The Morgan fingerprint density at radius 3 is 2.66 bits per heavy atom. The Kier molecular flexibility index (Phi) is 5.14. The molecular weight excluding hydrogens is 384 g/mol. The second-order valence-electron chi connectivity index (χ2n) is 6.36. The monoisotopic (exact) mass is 400 g/mol. The van der Waals surface area contributed by atoms with Crippen LogP contribution in [0.15, 0.2) is 48.7 Å². The second kappa shape index (κ2) is 8.04. The number of benzene rings is 2. The lowest BCUT2D eigenvalue weighted by molar-refractivity contribution is 0.455. The summed E-state index contributed by atoms with van der Waals surface area (Å²) in [6.45, 7) is 3.92. The first-order valence-electron chi connectivity index (χ1n) is 8.80. The number of aromatic nitrogens is 4. The molecule has 1 N–H and O–H groups in total. The maximum absolute atomic E-state index is 8.70. The molecule has 0 bridgehead atoms. The van der Waals surface area contributed by atoms with Gasteiger partial charge >= 0.3 is 0 Å². The van der Waals surface area contributed by atoms with Gasteiger partial charge in [0.2, 0.25) is 11.8 Å². The molecule has 7 nitrogen and oxygen atoms in total. The van der Waals surface area contributed by atoms with Gasteiger partial charge in [-0.25, -0.2) is 4.98 Å². The van der Waals surface area contributed by atoms with Crippen molar-refractivity contribution in [3.63, 3.8) is 0 Å². The van der Waals surface area contributed by atoms with Gasteiger partial charge in [0.25, 0.3) is 0 Å². The largest absolute Gasteiger partial charge is 0.438 e. The van der Waals surface area contributed by atoms with E-state index in [1.807, 2.05) is 50.2 Å². The Morgan fingerprint density at radius 1 is 1.07 bits per heavy atom. The number of allylic oxidation sites excluding steroid dienone is 1. The molecule has 0 radical (unpaired) electrons. The number of nitriles is 1. The van der Waals surface area contributed by atoms with Crippen LogP contribution in [0.1, 0.15) is 16.7 Å². The molecule has 0 saturated heterocycles. The van der Waals surface area contributed by atoms with E-state index in [0.29, 0.717) is 11.8 Å². The number of nitrogens with zero attached hydrogens (tertiary/aromatic N) is 5. The normalized spacial score (nSPS) is 10.9. The van der Waals surface area contributed by atoms with Crippen molar-refractivity contribution < 1.29 is 4.74 Å². The molecule has 29 heavy (non-hydrogen) atoms. The quantitative estimate of drug-likeness (QED) is 0.462. The van der Waals surface area contributed by atoms with Crippen LogP contribution in [0.2, 0.25) is 0 Å². The van der Waals surface area contributed by atoms with Gasteiger partial charge in [-0.05, 0) is 66.9 Å². The zero-order valence-corrected chi connectivity index (χ0v) is 16.6. The molecule has 4 aromatic rings. The third-order valence-electron chi connectivity index (χ3n) is 4.18. The van der Waals surface area contributed by atoms with Gasteiger partial charge in [0.15, 0.2) is 0 Å². The van der Waals surface area contributed by atoms with Gasteiger partial charge in [0.05, 0.1) is 17.8 Å². The SMILES string of the molecule is Cc1cc(/C=C/C#N)cc(C)c1Oc1ccnc(Nc2ccc3nsnc3c2)n1. The van der Waals surface area contributed by atoms with E-state index in [-0.39, 0.29) is 0 Å². The van der Waals surface area contributed by atoms with Crippen molar-refractivity contribution in [2.45, 2.75) is 13.8 Å². The molecular formula is C21H16N6OS. The molecule has 0 atom stereocenters. The molecule has 0 aliphatic carbocycles. The Hall–Kier alpha value is -3.83. The van der Waals surface area contributed by atoms with E-state index in [2.05, 4.69) is 24.0 Å². The first-order chi connectivity index (χ1) is 14.1. The fraction of sp³-hybridized carbons (Fsp3) is 0.0952. The van der Waals surface area contributed by atoms with E-state index >= 15 is 0 Å². The summed E-state index contributed by atoms with van der Waals surface area (Å²) in [6, 6.07) is 13.3. The predicted octanol–water partition coefficient (Wildman–Crippen LogP) is 5.17. The minimum atomic E-state index is 0.425. The Balaban J connectivity index is 1.56. The number of ether oxygens (including phenoxy) is 1. The highest BCUT2D eigenvalue weighted by molar-refractivity contribution is 7.00. The van der Waals surface area contributed by atoms with E-state index in [0.717, 1.165) is 39.2 Å². The number of hydrogen-bond acceptors (Lipinski definition) is 8. The van der Waals surface area contributed by atoms with Crippen molar-refractivity contribution >= 4 is 40.5 Å². The molecule has 2 aromatic carbocycles. The van der Waals surface area contributed by atoms with Crippen LogP contribution in [0, 0.1) is 25.2 Å². The van der Waals surface area contributed by atoms with Gasteiger partial charge in [-0.15, -0.1) is 0 Å². The molecule has 0 saturated carbocycles. The van der Waals surface area contributed by atoms with E-state index in [1.165, 1.54) is 17.8 Å². The molecule has 2 heterocycles. The van der Waals surface area contributed by atoms with Gasteiger partial charge in [-0.2, -0.15) is 19.0 Å². The first kappa shape index (κ1) is 18.5. The lowest BCUT2D eigenvalue weighted by Gasteiger charge is -2.13. The molecule has 8 heteroatoms. The molecule has 0 aliphatic heterocycles. The van der Waals surface area contributed by atoms with E-state index in [4.69, 9.17) is 10.00 Å². The van der Waals surface area contributed by atoms with Crippen LogP contribution >= 0.6 is 11.7 Å². The maximum atomic E-state index is 8.70. The van der Waals surface area contributed by atoms with E-state index in [1.54, 1.807) is 18.3 Å². The van der Waals surface area contributed by atoms with Crippen LogP contribution < -0.4 is 10.1 Å². The van der Waals surface area contributed by atoms with Crippen molar-refractivity contribution in [1.29, 1.82) is 5.26 Å². The number of nitrogens with one attached hydrogen (secondary N) is 1. The highest BCUT2D eigenvalue weighted by atomic mass is 32.1. The lowest BCUT2D eigenvalue weighted by Crippen LogP contribution is -1.99. The number of anilines is 2. The van der Waals surface area contributed by atoms with Crippen molar-refractivity contribution in [1.82, 2.24) is 18.7 Å². The summed E-state index contributed by atoms with van der Waals surface area (Å²) in [5.41, 5.74) is 5.37. The zero-order chi connectivity index (χ0) is 20.2. The number of hydrogen-bond donors (Lipinski definition) is 1. The van der Waals surface area contributed by atoms with Gasteiger partial charge in [-0.1, -0.05) is 0 Å². The highest BCUT2D eigenvalue weighted by Crippen LogP contribution is 2.30. The minimum absolute atomic E-state index is 0.425. The fourth-order valence-corrected chi connectivity index (χ4v) is 3.44. The molecule has 0 amide bonds. The molecule has 0 fully saturated rings. The topological polar surface area (TPSA) is 96.6 Å². The average molecular weight is 400 g/mol. The summed E-state index contributed by atoms with van der Waals surface area (Å²) >= 11 is 1.18. The van der Waals surface area contributed by atoms with Gasteiger partial charge in [-0.3, -0.25) is 0 Å². The summed E-state index contributed by atoms with van der Waals surface area (Å²) in [4.78, 5) is 8.71. The first-order valence-corrected chi connectivity index (χ1v) is 9.53. The minimum Gasteiger partial charge on any atom is -0.438 e. The maximum Gasteiger partial charge on any atom is 0.230 e. The molecule has 0 spiro atoms. The standard InChI is InChI=1S/C21H16N6OS/c1-13-10-15(4-3-8-22)11-14(2)20(13)28-19-7-9-23-21(25-19)24-16-5-6-17-18(12-16)27-29-26-17/h3-7,9-12H,1-2H3,(H,23,24,25)/b4-3+. The number of aryl methyl sites for hydroxylation is 2. The molecule has 142 valence electrons. The third kappa shape index (κ3) is 4.20. The van der Waals surface area contributed by atoms with Crippen molar-refractivity contribution in [3.8, 4) is 17.7 Å². The summed E-state index contributed by atoms with van der Waals surface area (Å²) in [5, 5.41) is 11.9. The molecule has 0 unspecified atom stereocenters. The van der Waals surface area contributed by atoms with Crippen LogP contribution in [-0.4, -0.2) is 18.7 Å². The predicted molar refractivity (Wildman–Crippen MR) is 113 cm³/mol. The summed E-state index contributed by atoms with van der Waals surface area (Å²) in [6.07, 6.45) is 4.86. The number of fused-ring (bicyclic) bond motifs is 1. The van der Waals surface area contributed by atoms with Gasteiger partial charge in [0, 0.05) is 24.0 Å². The van der Waals surface area contributed by atoms with Crippen LogP contribution in [0.5, 0.6) is 11.6 Å². The third-order valence-corrected chi connectivity index (χ3v) is 4.74. The van der Waals surface area contributed by atoms with Crippen LogP contribution in [-0.2, 0) is 0 Å². The Morgan fingerprint density at radius 2 is 1.86 bits per heavy atom. The highest BCUT2D eigenvalue weighted by Gasteiger charge is 2.09. The van der Waals surface area contributed by atoms with E-state index < -0.39 is 0 Å². The summed E-state index contributed by atoms with van der Waals surface area (Å²) in [5.74, 6) is 1.60. The number of rotatable bonds is 5. The summed E-state index contributed by atoms with van der Waals surface area (Å²) < 4.78 is 14.5. The summed E-state index contributed by atoms with van der Waals surface area (Å²) in [7, 11) is 0. The van der Waals surface area contributed by atoms with Crippen molar-refractivity contribution in [2.24, 2.45) is 0 Å². The smallest absolute Gasteiger partial charge is 0.230 e. The van der Waals surface area contributed by atoms with Crippen LogP contribution in [0.25, 0.3) is 17.1 Å². The van der Waals surface area contributed by atoms with E-state index in [9.17, 15) is 0 Å². The molecule has 0 aliphatic rings. The van der Waals surface area contributed by atoms with Crippen molar-refractivity contribution in [3.05, 3.63) is 65.4 Å². The van der Waals surface area contributed by atoms with Crippen LogP contribution in [0.4, 0.5) is 11.6 Å². The van der Waals surface area contributed by atoms with Crippen molar-refractivity contribution in [2.75, 3.05) is 5.32 Å². The Labute approximate surface area is 171 Å². The Bertz CT molecular complexity index is 1230. The molecule has 4 rings (SSSR count). The zero-order valence-electron chi connectivity index (χ0n) is 15.7.